The average molecular weight is 245 g/mol. The van der Waals surface area contributed by atoms with Gasteiger partial charge in [-0.3, -0.25) is 4.79 Å². The van der Waals surface area contributed by atoms with Gasteiger partial charge < -0.3 is 11.1 Å². The molecule has 0 aliphatic heterocycles. The molecule has 4 nitrogen and oxygen atoms in total. The van der Waals surface area contributed by atoms with E-state index in [1.807, 2.05) is 19.1 Å². The van der Waals surface area contributed by atoms with Crippen molar-refractivity contribution in [1.82, 2.24) is 0 Å². The predicted molar refractivity (Wildman–Crippen MR) is 72.0 cm³/mol. The lowest BCUT2D eigenvalue weighted by molar-refractivity contribution is -0.117. The summed E-state index contributed by atoms with van der Waals surface area (Å²) in [6.07, 6.45) is 2.60. The van der Waals surface area contributed by atoms with Crippen LogP contribution in [0.25, 0.3) is 0 Å². The zero-order valence-electron chi connectivity index (χ0n) is 10.9. The zero-order chi connectivity index (χ0) is 13.5. The molecule has 1 aromatic carbocycles. The Bertz CT molecular complexity index is 463. The number of aryl methyl sites for hydroxylation is 1. The van der Waals surface area contributed by atoms with Gasteiger partial charge in [0.2, 0.25) is 5.91 Å². The zero-order valence-corrected chi connectivity index (χ0v) is 10.9. The minimum absolute atomic E-state index is 0.231. The number of carbonyl (C=O) groups excluding carboxylic acids is 1. The van der Waals surface area contributed by atoms with E-state index in [9.17, 15) is 4.79 Å². The molecule has 1 aromatic rings. The van der Waals surface area contributed by atoms with Crippen molar-refractivity contribution in [3.8, 4) is 6.07 Å². The summed E-state index contributed by atoms with van der Waals surface area (Å²) in [5.41, 5.74) is 7.66. The van der Waals surface area contributed by atoms with Gasteiger partial charge in [-0.15, -0.1) is 0 Å². The van der Waals surface area contributed by atoms with Crippen LogP contribution in [0.15, 0.2) is 18.2 Å². The van der Waals surface area contributed by atoms with E-state index in [4.69, 9.17) is 11.0 Å². The number of hydrogen-bond donors (Lipinski definition) is 2. The topological polar surface area (TPSA) is 78.9 Å². The highest BCUT2D eigenvalue weighted by molar-refractivity contribution is 5.95. The molecular weight excluding hydrogens is 226 g/mol. The number of unbranched alkanes of at least 4 members (excludes halogenated alkanes) is 1. The highest BCUT2D eigenvalue weighted by Gasteiger charge is 2.15. The third-order valence-corrected chi connectivity index (χ3v) is 2.85. The summed E-state index contributed by atoms with van der Waals surface area (Å²) in [7, 11) is 0. The molecular formula is C14H19N3O. The van der Waals surface area contributed by atoms with Gasteiger partial charge in [0.1, 0.15) is 6.07 Å². The summed E-state index contributed by atoms with van der Waals surface area (Å²) < 4.78 is 0. The molecule has 1 amide bonds. The molecule has 96 valence electrons. The van der Waals surface area contributed by atoms with Gasteiger partial charge in [-0.1, -0.05) is 31.9 Å². The van der Waals surface area contributed by atoms with Gasteiger partial charge in [-0.05, 0) is 25.0 Å². The van der Waals surface area contributed by atoms with E-state index < -0.39 is 6.04 Å². The lowest BCUT2D eigenvalue weighted by Gasteiger charge is -2.13. The maximum Gasteiger partial charge on any atom is 0.241 e. The van der Waals surface area contributed by atoms with Crippen LogP contribution in [0.4, 0.5) is 5.69 Å². The van der Waals surface area contributed by atoms with Crippen molar-refractivity contribution < 1.29 is 4.79 Å². The first-order valence-electron chi connectivity index (χ1n) is 6.16. The molecule has 0 heterocycles. The van der Waals surface area contributed by atoms with Gasteiger partial charge in [-0.25, -0.2) is 0 Å². The van der Waals surface area contributed by atoms with Crippen LogP contribution in [0.2, 0.25) is 0 Å². The Labute approximate surface area is 108 Å². The van der Waals surface area contributed by atoms with Crippen molar-refractivity contribution in [3.05, 3.63) is 29.3 Å². The second kappa shape index (κ2) is 6.77. The standard InChI is InChI=1S/C14H19N3O/c1-3-4-7-12(16)14(18)17-13-8-5-6-10(2)11(13)9-15/h5-6,8,12H,3-4,7,16H2,1-2H3,(H,17,18). The van der Waals surface area contributed by atoms with Crippen molar-refractivity contribution >= 4 is 11.6 Å². The quantitative estimate of drug-likeness (QED) is 0.835. The normalized spacial score (nSPS) is 11.7. The van der Waals surface area contributed by atoms with Crippen LogP contribution >= 0.6 is 0 Å². The fourth-order valence-electron chi connectivity index (χ4n) is 1.70. The van der Waals surface area contributed by atoms with E-state index in [-0.39, 0.29) is 5.91 Å². The monoisotopic (exact) mass is 245 g/mol. The maximum absolute atomic E-state index is 11.9. The second-order valence-electron chi connectivity index (χ2n) is 4.35. The Kier molecular flexibility index (Phi) is 5.34. The Hall–Kier alpha value is -1.86. The Morgan fingerprint density at radius 1 is 1.56 bits per heavy atom. The number of hydrogen-bond acceptors (Lipinski definition) is 3. The smallest absolute Gasteiger partial charge is 0.241 e. The third-order valence-electron chi connectivity index (χ3n) is 2.85. The second-order valence-corrected chi connectivity index (χ2v) is 4.35. The number of anilines is 1. The number of rotatable bonds is 5. The molecule has 1 rings (SSSR count). The molecule has 0 fully saturated rings. The number of nitrogens with one attached hydrogen (secondary N) is 1. The van der Waals surface area contributed by atoms with Gasteiger partial charge in [0.05, 0.1) is 17.3 Å². The van der Waals surface area contributed by atoms with E-state index in [2.05, 4.69) is 18.3 Å². The summed E-state index contributed by atoms with van der Waals surface area (Å²) in [6.45, 7) is 3.89. The predicted octanol–water partition coefficient (Wildman–Crippen LogP) is 2.32. The van der Waals surface area contributed by atoms with E-state index in [0.29, 0.717) is 17.7 Å². The number of nitrogens with two attached hydrogens (primary N) is 1. The largest absolute Gasteiger partial charge is 0.324 e. The minimum atomic E-state index is -0.517. The summed E-state index contributed by atoms with van der Waals surface area (Å²) >= 11 is 0. The molecule has 0 aliphatic carbocycles. The maximum atomic E-state index is 11.9. The number of nitriles is 1. The third kappa shape index (κ3) is 3.57. The fraction of sp³-hybridized carbons (Fsp3) is 0.429. The Balaban J connectivity index is 2.76. The Morgan fingerprint density at radius 2 is 2.28 bits per heavy atom. The number of amides is 1. The van der Waals surface area contributed by atoms with Gasteiger partial charge in [0, 0.05) is 0 Å². The van der Waals surface area contributed by atoms with Crippen LogP contribution in [0, 0.1) is 18.3 Å². The van der Waals surface area contributed by atoms with E-state index >= 15 is 0 Å². The molecule has 4 heteroatoms. The van der Waals surface area contributed by atoms with Gasteiger partial charge >= 0.3 is 0 Å². The molecule has 1 unspecified atom stereocenters. The molecule has 3 N–H and O–H groups in total. The first kappa shape index (κ1) is 14.2. The lowest BCUT2D eigenvalue weighted by atomic mass is 10.1. The van der Waals surface area contributed by atoms with Crippen LogP contribution in [-0.4, -0.2) is 11.9 Å². The molecule has 0 bridgehead atoms. The van der Waals surface area contributed by atoms with E-state index in [0.717, 1.165) is 18.4 Å². The van der Waals surface area contributed by atoms with Gasteiger partial charge in [0.25, 0.3) is 0 Å². The van der Waals surface area contributed by atoms with Gasteiger partial charge in [-0.2, -0.15) is 5.26 Å². The first-order chi connectivity index (χ1) is 8.60. The molecule has 1 atom stereocenters. The number of benzene rings is 1. The first-order valence-corrected chi connectivity index (χ1v) is 6.16. The van der Waals surface area contributed by atoms with Crippen LogP contribution in [0.3, 0.4) is 0 Å². The van der Waals surface area contributed by atoms with Crippen LogP contribution in [0.1, 0.15) is 37.3 Å². The summed E-state index contributed by atoms with van der Waals surface area (Å²) in [5.74, 6) is -0.231. The molecule has 0 spiro atoms. The van der Waals surface area contributed by atoms with Crippen LogP contribution in [0.5, 0.6) is 0 Å². The van der Waals surface area contributed by atoms with E-state index in [1.54, 1.807) is 6.07 Å². The number of nitrogens with zero attached hydrogens (tertiary/aromatic N) is 1. The minimum Gasteiger partial charge on any atom is -0.324 e. The van der Waals surface area contributed by atoms with Crippen LogP contribution < -0.4 is 11.1 Å². The van der Waals surface area contributed by atoms with Crippen molar-refractivity contribution in [3.63, 3.8) is 0 Å². The van der Waals surface area contributed by atoms with Gasteiger partial charge in [0.15, 0.2) is 0 Å². The molecule has 0 aromatic heterocycles. The lowest BCUT2D eigenvalue weighted by Crippen LogP contribution is -2.35. The van der Waals surface area contributed by atoms with E-state index in [1.165, 1.54) is 0 Å². The molecule has 0 aliphatic rings. The average Bonchev–Trinajstić information content (AvgIpc) is 2.36. The Morgan fingerprint density at radius 3 is 2.89 bits per heavy atom. The summed E-state index contributed by atoms with van der Waals surface area (Å²) in [5, 5.41) is 11.8. The van der Waals surface area contributed by atoms with Crippen molar-refractivity contribution in [1.29, 1.82) is 5.26 Å². The van der Waals surface area contributed by atoms with Crippen molar-refractivity contribution in [2.24, 2.45) is 5.73 Å². The number of carbonyl (C=O) groups is 1. The summed E-state index contributed by atoms with van der Waals surface area (Å²) in [4.78, 5) is 11.9. The van der Waals surface area contributed by atoms with Crippen molar-refractivity contribution in [2.45, 2.75) is 39.2 Å². The molecule has 0 radical (unpaired) electrons. The fourth-order valence-corrected chi connectivity index (χ4v) is 1.70. The highest BCUT2D eigenvalue weighted by Crippen LogP contribution is 2.18. The molecule has 0 saturated carbocycles. The summed E-state index contributed by atoms with van der Waals surface area (Å²) in [6, 6.07) is 6.94. The molecule has 18 heavy (non-hydrogen) atoms. The highest BCUT2D eigenvalue weighted by atomic mass is 16.2. The SMILES string of the molecule is CCCCC(N)C(=O)Nc1cccc(C)c1C#N. The van der Waals surface area contributed by atoms with Crippen molar-refractivity contribution in [2.75, 3.05) is 5.32 Å². The van der Waals surface area contributed by atoms with Crippen LogP contribution in [-0.2, 0) is 4.79 Å². The molecule has 0 saturated heterocycles.